The van der Waals surface area contributed by atoms with Crippen molar-refractivity contribution in [2.75, 3.05) is 12.4 Å². The molecule has 0 aliphatic heterocycles. The first kappa shape index (κ1) is 11.0. The van der Waals surface area contributed by atoms with Gasteiger partial charge in [-0.15, -0.1) is 11.6 Å². The van der Waals surface area contributed by atoms with Crippen molar-refractivity contribution in [1.82, 2.24) is 5.32 Å². The van der Waals surface area contributed by atoms with Gasteiger partial charge in [-0.3, -0.25) is 0 Å². The highest BCUT2D eigenvalue weighted by Crippen LogP contribution is 2.05. The van der Waals surface area contributed by atoms with E-state index in [1.807, 2.05) is 0 Å². The Hall–Kier alpha value is -0.0500. The van der Waals surface area contributed by atoms with Crippen LogP contribution in [0.4, 0.5) is 0 Å². The van der Waals surface area contributed by atoms with Crippen molar-refractivity contribution in [3.8, 4) is 0 Å². The largest absolute Gasteiger partial charge is 0.314 e. The van der Waals surface area contributed by atoms with E-state index < -0.39 is 0 Å². The minimum atomic E-state index is 0.538. The highest BCUT2D eigenvalue weighted by Gasteiger charge is 1.99. The van der Waals surface area contributed by atoms with Gasteiger partial charge < -0.3 is 5.32 Å². The fourth-order valence-electron chi connectivity index (χ4n) is 1.16. The molecule has 1 aromatic rings. The Morgan fingerprint density at radius 3 is 3.08 bits per heavy atom. The second kappa shape index (κ2) is 6.41. The topological polar surface area (TPSA) is 12.0 Å². The monoisotopic (exact) mass is 217 g/mol. The first-order valence-electron chi connectivity index (χ1n) is 4.63. The molecule has 0 fully saturated rings. The summed E-state index contributed by atoms with van der Waals surface area (Å²) in [6.07, 6.45) is 2.17. The van der Waals surface area contributed by atoms with Gasteiger partial charge in [-0.25, -0.2) is 0 Å². The molecule has 0 spiro atoms. The zero-order valence-corrected chi connectivity index (χ0v) is 9.50. The molecule has 1 atom stereocenters. The van der Waals surface area contributed by atoms with E-state index in [1.165, 1.54) is 5.56 Å². The summed E-state index contributed by atoms with van der Waals surface area (Å²) >= 11 is 7.40. The molecule has 0 saturated heterocycles. The zero-order valence-electron chi connectivity index (χ0n) is 7.92. The molecule has 0 amide bonds. The minimum absolute atomic E-state index is 0.538. The molecule has 0 aliphatic rings. The number of alkyl halides is 1. The van der Waals surface area contributed by atoms with Crippen molar-refractivity contribution in [2.24, 2.45) is 0 Å². The molecule has 3 heteroatoms. The van der Waals surface area contributed by atoms with E-state index in [1.54, 1.807) is 11.3 Å². The molecule has 0 saturated carbocycles. The molecule has 1 heterocycles. The van der Waals surface area contributed by atoms with Crippen LogP contribution in [0.5, 0.6) is 0 Å². The molecular formula is C10H16ClNS. The van der Waals surface area contributed by atoms with Crippen molar-refractivity contribution >= 4 is 22.9 Å². The maximum atomic E-state index is 5.64. The highest BCUT2D eigenvalue weighted by atomic mass is 35.5. The van der Waals surface area contributed by atoms with Crippen molar-refractivity contribution < 1.29 is 0 Å². The van der Waals surface area contributed by atoms with Gasteiger partial charge in [0.05, 0.1) is 0 Å². The van der Waals surface area contributed by atoms with Crippen LogP contribution in [0.1, 0.15) is 18.9 Å². The number of rotatable bonds is 6. The van der Waals surface area contributed by atoms with E-state index in [4.69, 9.17) is 11.6 Å². The van der Waals surface area contributed by atoms with Crippen LogP contribution in [0.15, 0.2) is 16.8 Å². The lowest BCUT2D eigenvalue weighted by atomic mass is 10.2. The number of hydrogen-bond donors (Lipinski definition) is 1. The van der Waals surface area contributed by atoms with Crippen molar-refractivity contribution in [2.45, 2.75) is 25.8 Å². The van der Waals surface area contributed by atoms with Gasteiger partial charge in [0, 0.05) is 11.9 Å². The zero-order chi connectivity index (χ0) is 9.52. The number of halogens is 1. The van der Waals surface area contributed by atoms with Gasteiger partial charge >= 0.3 is 0 Å². The molecule has 1 rings (SSSR count). The predicted octanol–water partition coefficient (Wildman–Crippen LogP) is 2.90. The molecule has 0 bridgehead atoms. The normalized spacial score (nSPS) is 13.1. The molecule has 0 aliphatic carbocycles. The maximum absolute atomic E-state index is 5.64. The fourth-order valence-corrected chi connectivity index (χ4v) is 2.19. The summed E-state index contributed by atoms with van der Waals surface area (Å²) in [5.41, 5.74) is 1.43. The minimum Gasteiger partial charge on any atom is -0.314 e. The lowest BCUT2D eigenvalue weighted by molar-refractivity contribution is 0.540. The third-order valence-corrected chi connectivity index (χ3v) is 2.98. The van der Waals surface area contributed by atoms with Gasteiger partial charge in [-0.1, -0.05) is 0 Å². The first-order chi connectivity index (χ1) is 6.33. The maximum Gasteiger partial charge on any atom is 0.0238 e. The number of thiophene rings is 1. The summed E-state index contributed by atoms with van der Waals surface area (Å²) in [5.74, 6) is 0.743. The third-order valence-electron chi connectivity index (χ3n) is 2.03. The van der Waals surface area contributed by atoms with Crippen LogP contribution in [0, 0.1) is 0 Å². The van der Waals surface area contributed by atoms with Crippen LogP contribution in [0.3, 0.4) is 0 Å². The average Bonchev–Trinajstić information content (AvgIpc) is 2.57. The Morgan fingerprint density at radius 1 is 1.62 bits per heavy atom. The van der Waals surface area contributed by atoms with Crippen molar-refractivity contribution in [1.29, 1.82) is 0 Å². The standard InChI is InChI=1S/C10H16ClNS/c1-9(2-5-11)12-6-3-10-4-7-13-8-10/h4,7-9,12H,2-3,5-6H2,1H3. The first-order valence-corrected chi connectivity index (χ1v) is 6.11. The quantitative estimate of drug-likeness (QED) is 0.723. The van der Waals surface area contributed by atoms with E-state index in [0.29, 0.717) is 6.04 Å². The van der Waals surface area contributed by atoms with E-state index in [2.05, 4.69) is 29.1 Å². The smallest absolute Gasteiger partial charge is 0.0238 e. The third kappa shape index (κ3) is 4.65. The summed E-state index contributed by atoms with van der Waals surface area (Å²) in [7, 11) is 0. The van der Waals surface area contributed by atoms with Crippen LogP contribution >= 0.6 is 22.9 Å². The second-order valence-corrected chi connectivity index (χ2v) is 4.37. The fraction of sp³-hybridized carbons (Fsp3) is 0.600. The van der Waals surface area contributed by atoms with E-state index >= 15 is 0 Å². The number of nitrogens with one attached hydrogen (secondary N) is 1. The lowest BCUT2D eigenvalue weighted by Gasteiger charge is -2.11. The van der Waals surface area contributed by atoms with Crippen LogP contribution in [0.25, 0.3) is 0 Å². The van der Waals surface area contributed by atoms with Crippen LogP contribution < -0.4 is 5.32 Å². The number of hydrogen-bond acceptors (Lipinski definition) is 2. The molecule has 13 heavy (non-hydrogen) atoms. The molecule has 1 aromatic heterocycles. The second-order valence-electron chi connectivity index (χ2n) is 3.21. The Labute approximate surface area is 89.1 Å². The highest BCUT2D eigenvalue weighted by molar-refractivity contribution is 7.07. The molecule has 1 N–H and O–H groups in total. The molecule has 74 valence electrons. The molecule has 1 unspecified atom stereocenters. The van der Waals surface area contributed by atoms with Gasteiger partial charge in [0.15, 0.2) is 0 Å². The van der Waals surface area contributed by atoms with Crippen molar-refractivity contribution in [3.05, 3.63) is 22.4 Å². The summed E-state index contributed by atoms with van der Waals surface area (Å²) in [6.45, 7) is 3.23. The molecular weight excluding hydrogens is 202 g/mol. The van der Waals surface area contributed by atoms with E-state index in [0.717, 1.165) is 25.3 Å². The summed E-state index contributed by atoms with van der Waals surface area (Å²) in [6, 6.07) is 2.72. The average molecular weight is 218 g/mol. The Kier molecular flexibility index (Phi) is 5.44. The van der Waals surface area contributed by atoms with Crippen LogP contribution in [0.2, 0.25) is 0 Å². The summed E-state index contributed by atoms with van der Waals surface area (Å²) in [5, 5.41) is 7.77. The Morgan fingerprint density at radius 2 is 2.46 bits per heavy atom. The van der Waals surface area contributed by atoms with Crippen molar-refractivity contribution in [3.63, 3.8) is 0 Å². The van der Waals surface area contributed by atoms with E-state index in [9.17, 15) is 0 Å². The van der Waals surface area contributed by atoms with Gasteiger partial charge in [-0.05, 0) is 48.7 Å². The van der Waals surface area contributed by atoms with E-state index in [-0.39, 0.29) is 0 Å². The van der Waals surface area contributed by atoms with Gasteiger partial charge in [0.1, 0.15) is 0 Å². The molecule has 1 nitrogen and oxygen atoms in total. The summed E-state index contributed by atoms with van der Waals surface area (Å²) < 4.78 is 0. The SMILES string of the molecule is CC(CCCl)NCCc1ccsc1. The summed E-state index contributed by atoms with van der Waals surface area (Å²) in [4.78, 5) is 0. The van der Waals surface area contributed by atoms with Gasteiger partial charge in [0.2, 0.25) is 0 Å². The molecule has 0 radical (unpaired) electrons. The van der Waals surface area contributed by atoms with Crippen LogP contribution in [-0.2, 0) is 6.42 Å². The molecule has 0 aromatic carbocycles. The van der Waals surface area contributed by atoms with Gasteiger partial charge in [-0.2, -0.15) is 11.3 Å². The Bertz CT molecular complexity index is 211. The van der Waals surface area contributed by atoms with Crippen LogP contribution in [-0.4, -0.2) is 18.5 Å². The predicted molar refractivity (Wildman–Crippen MR) is 60.8 cm³/mol. The lowest BCUT2D eigenvalue weighted by Crippen LogP contribution is -2.28. The Balaban J connectivity index is 2.07. The van der Waals surface area contributed by atoms with Gasteiger partial charge in [0.25, 0.3) is 0 Å².